The van der Waals surface area contributed by atoms with E-state index < -0.39 is 24.5 Å². The Morgan fingerprint density at radius 2 is 2.12 bits per heavy atom. The van der Waals surface area contributed by atoms with Crippen LogP contribution in [0.25, 0.3) is 0 Å². The molecule has 25 heavy (non-hydrogen) atoms. The third-order valence-electron chi connectivity index (χ3n) is 5.22. The number of urea groups is 1. The lowest BCUT2D eigenvalue weighted by Crippen LogP contribution is -2.75. The molecule has 2 amide bonds. The molecule has 2 bridgehead atoms. The minimum Gasteiger partial charge on any atom is -0.468 e. The van der Waals surface area contributed by atoms with Crippen molar-refractivity contribution in [2.24, 2.45) is 11.3 Å². The lowest BCUT2D eigenvalue weighted by atomic mass is 9.36. The van der Waals surface area contributed by atoms with Crippen LogP contribution < -0.4 is 15.4 Å². The lowest BCUT2D eigenvalue weighted by Gasteiger charge is -2.71. The van der Waals surface area contributed by atoms with E-state index in [2.05, 4.69) is 20.4 Å². The number of aromatic nitrogens is 1. The number of hydrogen-bond donors (Lipinski definition) is 2. The second-order valence-electron chi connectivity index (χ2n) is 6.91. The van der Waals surface area contributed by atoms with Gasteiger partial charge in [-0.15, -0.1) is 0 Å². The fourth-order valence-corrected chi connectivity index (χ4v) is 3.59. The number of amides is 2. The van der Waals surface area contributed by atoms with E-state index in [0.29, 0.717) is 24.9 Å². The van der Waals surface area contributed by atoms with Crippen LogP contribution in [-0.4, -0.2) is 36.0 Å². The van der Waals surface area contributed by atoms with Gasteiger partial charge >= 0.3 is 12.2 Å². The SMILES string of the molecule is C[C@@H]1C2(F)CC1(CNC(=O)NCc1ccnc(OCC(F)(F)F)c1)C2. The number of nitrogens with one attached hydrogen (secondary N) is 2. The minimum absolute atomic E-state index is 0.0335. The zero-order valence-corrected chi connectivity index (χ0v) is 13.6. The van der Waals surface area contributed by atoms with Gasteiger partial charge in [0.05, 0.1) is 0 Å². The summed E-state index contributed by atoms with van der Waals surface area (Å²) in [6.45, 7) is 0.966. The molecule has 3 saturated carbocycles. The van der Waals surface area contributed by atoms with Crippen molar-refractivity contribution >= 4 is 6.03 Å². The number of carbonyl (C=O) groups is 1. The second-order valence-corrected chi connectivity index (χ2v) is 6.91. The smallest absolute Gasteiger partial charge is 0.422 e. The van der Waals surface area contributed by atoms with Crippen molar-refractivity contribution in [2.75, 3.05) is 13.2 Å². The predicted octanol–water partition coefficient (Wildman–Crippen LogP) is 2.96. The van der Waals surface area contributed by atoms with E-state index >= 15 is 0 Å². The van der Waals surface area contributed by atoms with Crippen LogP contribution in [0.4, 0.5) is 22.4 Å². The summed E-state index contributed by atoms with van der Waals surface area (Å²) in [4.78, 5) is 15.5. The fraction of sp³-hybridized carbons (Fsp3) is 0.625. The van der Waals surface area contributed by atoms with Crippen molar-refractivity contribution in [3.8, 4) is 5.88 Å². The highest BCUT2D eigenvalue weighted by molar-refractivity contribution is 5.74. The number of carbonyl (C=O) groups excluding carboxylic acids is 1. The van der Waals surface area contributed by atoms with Crippen molar-refractivity contribution in [3.63, 3.8) is 0 Å². The fourth-order valence-electron chi connectivity index (χ4n) is 3.59. The Morgan fingerprint density at radius 3 is 2.72 bits per heavy atom. The van der Waals surface area contributed by atoms with E-state index in [4.69, 9.17) is 0 Å². The summed E-state index contributed by atoms with van der Waals surface area (Å²) in [5.41, 5.74) is -0.604. The molecule has 0 radical (unpaired) electrons. The molecule has 0 saturated heterocycles. The first-order valence-electron chi connectivity index (χ1n) is 7.97. The molecule has 1 heterocycles. The molecule has 138 valence electrons. The van der Waals surface area contributed by atoms with Crippen LogP contribution in [0.5, 0.6) is 5.88 Å². The summed E-state index contributed by atoms with van der Waals surface area (Å²) in [6.07, 6.45) is -2.14. The molecule has 0 unspecified atom stereocenters. The van der Waals surface area contributed by atoms with Gasteiger partial charge in [0.1, 0.15) is 5.67 Å². The zero-order valence-electron chi connectivity index (χ0n) is 13.6. The summed E-state index contributed by atoms with van der Waals surface area (Å²) >= 11 is 0. The third kappa shape index (κ3) is 3.64. The number of hydrogen-bond acceptors (Lipinski definition) is 3. The first kappa shape index (κ1) is 17.8. The van der Waals surface area contributed by atoms with Gasteiger partial charge in [-0.1, -0.05) is 6.92 Å². The molecule has 0 aliphatic heterocycles. The zero-order chi connectivity index (χ0) is 18.3. The average molecular weight is 361 g/mol. The number of nitrogens with zero attached hydrogens (tertiary/aromatic N) is 1. The molecule has 0 aromatic carbocycles. The maximum absolute atomic E-state index is 13.8. The van der Waals surface area contributed by atoms with Crippen LogP contribution in [-0.2, 0) is 6.54 Å². The predicted molar refractivity (Wildman–Crippen MR) is 80.7 cm³/mol. The van der Waals surface area contributed by atoms with Gasteiger partial charge in [-0.3, -0.25) is 0 Å². The van der Waals surface area contributed by atoms with E-state index in [1.54, 1.807) is 6.07 Å². The van der Waals surface area contributed by atoms with Crippen LogP contribution in [0.1, 0.15) is 25.3 Å². The van der Waals surface area contributed by atoms with Crippen LogP contribution in [0.15, 0.2) is 18.3 Å². The summed E-state index contributed by atoms with van der Waals surface area (Å²) in [7, 11) is 0. The molecule has 1 atom stereocenters. The highest BCUT2D eigenvalue weighted by atomic mass is 19.4. The topological polar surface area (TPSA) is 63.2 Å². The average Bonchev–Trinajstić information content (AvgIpc) is 2.54. The van der Waals surface area contributed by atoms with Gasteiger partial charge in [-0.25, -0.2) is 14.2 Å². The van der Waals surface area contributed by atoms with Crippen molar-refractivity contribution in [2.45, 2.75) is 38.2 Å². The molecule has 2 N–H and O–H groups in total. The van der Waals surface area contributed by atoms with Crippen molar-refractivity contribution in [1.82, 2.24) is 15.6 Å². The monoisotopic (exact) mass is 361 g/mol. The first-order valence-corrected chi connectivity index (χ1v) is 7.97. The summed E-state index contributed by atoms with van der Waals surface area (Å²) in [6, 6.07) is 2.50. The molecule has 4 rings (SSSR count). The van der Waals surface area contributed by atoms with Gasteiger partial charge in [0, 0.05) is 25.4 Å². The number of rotatable bonds is 6. The molecular formula is C16H19F4N3O2. The van der Waals surface area contributed by atoms with E-state index in [1.807, 2.05) is 6.92 Å². The summed E-state index contributed by atoms with van der Waals surface area (Å²) in [5.74, 6) is -0.193. The molecule has 9 heteroatoms. The van der Waals surface area contributed by atoms with Crippen molar-refractivity contribution in [1.29, 1.82) is 0 Å². The maximum atomic E-state index is 13.8. The second kappa shape index (κ2) is 6.03. The number of halogens is 4. The van der Waals surface area contributed by atoms with Crippen molar-refractivity contribution < 1.29 is 27.1 Å². The molecule has 5 nitrogen and oxygen atoms in total. The summed E-state index contributed by atoms with van der Waals surface area (Å²) in [5, 5.41) is 5.34. The molecule has 1 aromatic heterocycles. The molecular weight excluding hydrogens is 342 g/mol. The van der Waals surface area contributed by atoms with E-state index in [1.165, 1.54) is 12.3 Å². The van der Waals surface area contributed by atoms with E-state index in [9.17, 15) is 22.4 Å². The van der Waals surface area contributed by atoms with Gasteiger partial charge in [0.25, 0.3) is 0 Å². The molecule has 0 spiro atoms. The van der Waals surface area contributed by atoms with Gasteiger partial charge in [0.15, 0.2) is 6.61 Å². The molecule has 3 aliphatic rings. The Bertz CT molecular complexity index is 659. The highest BCUT2D eigenvalue weighted by Crippen LogP contribution is 2.72. The third-order valence-corrected chi connectivity index (χ3v) is 5.22. The normalized spacial score (nSPS) is 30.0. The Balaban J connectivity index is 1.41. The van der Waals surface area contributed by atoms with Crippen molar-refractivity contribution in [3.05, 3.63) is 23.9 Å². The highest BCUT2D eigenvalue weighted by Gasteiger charge is 2.74. The summed E-state index contributed by atoms with van der Waals surface area (Å²) < 4.78 is 54.7. The van der Waals surface area contributed by atoms with E-state index in [-0.39, 0.29) is 23.8 Å². The standard InChI is InChI=1S/C16H19F4N3O2/c1-10-14(6-15(10,17)7-14)8-23-13(24)22-5-11-2-3-21-12(4-11)25-9-16(18,19)20/h2-4,10H,5-9H2,1H3,(H2,22,23,24)/t10-,14?,15?/m0/s1. The van der Waals surface area contributed by atoms with Crippen LogP contribution in [0, 0.1) is 11.3 Å². The Kier molecular flexibility index (Phi) is 4.28. The first-order chi connectivity index (χ1) is 11.6. The van der Waals surface area contributed by atoms with Crippen LogP contribution >= 0.6 is 0 Å². The molecule has 3 fully saturated rings. The minimum atomic E-state index is -4.44. The number of alkyl halides is 4. The Morgan fingerprint density at radius 1 is 1.40 bits per heavy atom. The maximum Gasteiger partial charge on any atom is 0.422 e. The number of pyridine rings is 1. The largest absolute Gasteiger partial charge is 0.468 e. The van der Waals surface area contributed by atoms with E-state index in [0.717, 1.165) is 0 Å². The quantitative estimate of drug-likeness (QED) is 0.766. The van der Waals surface area contributed by atoms with Gasteiger partial charge in [0.2, 0.25) is 5.88 Å². The Hall–Kier alpha value is -2.06. The number of ether oxygens (including phenoxy) is 1. The lowest BCUT2D eigenvalue weighted by molar-refractivity contribution is -0.269. The van der Waals surface area contributed by atoms with Gasteiger partial charge in [-0.05, 0) is 35.8 Å². The van der Waals surface area contributed by atoms with Crippen LogP contribution in [0.3, 0.4) is 0 Å². The molecule has 1 aromatic rings. The van der Waals surface area contributed by atoms with Gasteiger partial charge < -0.3 is 15.4 Å². The molecule has 3 aliphatic carbocycles. The Labute approximate surface area is 142 Å². The van der Waals surface area contributed by atoms with Crippen LogP contribution in [0.2, 0.25) is 0 Å². The van der Waals surface area contributed by atoms with Gasteiger partial charge in [-0.2, -0.15) is 13.2 Å².